The summed E-state index contributed by atoms with van der Waals surface area (Å²) in [5, 5.41) is 0. The van der Waals surface area contributed by atoms with Gasteiger partial charge in [0.2, 0.25) is 0 Å². The number of hydrogen-bond donors (Lipinski definition) is 0. The lowest BCUT2D eigenvalue weighted by molar-refractivity contribution is -0.274. The van der Waals surface area contributed by atoms with Crippen molar-refractivity contribution in [2.45, 2.75) is 12.8 Å². The Morgan fingerprint density at radius 3 is 2.31 bits per heavy atom. The van der Waals surface area contributed by atoms with E-state index in [0.29, 0.717) is 17.9 Å². The van der Waals surface area contributed by atoms with Crippen molar-refractivity contribution in [2.75, 3.05) is 5.88 Å². The van der Waals surface area contributed by atoms with Gasteiger partial charge in [-0.2, -0.15) is 0 Å². The molecule has 1 rings (SSSR count). The van der Waals surface area contributed by atoms with Gasteiger partial charge in [0.1, 0.15) is 5.75 Å². The Kier molecular flexibility index (Phi) is 4.51. The molecule has 1 aromatic carbocycles. The van der Waals surface area contributed by atoms with Crippen molar-refractivity contribution < 1.29 is 17.9 Å². The maximum Gasteiger partial charge on any atom is 0.573 e. The average Bonchev–Trinajstić information content (AvgIpc) is 2.19. The summed E-state index contributed by atoms with van der Waals surface area (Å²) in [6.07, 6.45) is -4.12. The first-order chi connectivity index (χ1) is 7.51. The van der Waals surface area contributed by atoms with E-state index < -0.39 is 6.36 Å². The Bertz CT molecular complexity index is 386. The van der Waals surface area contributed by atoms with Gasteiger partial charge >= 0.3 is 6.36 Å². The largest absolute Gasteiger partial charge is 0.573 e. The van der Waals surface area contributed by atoms with Gasteiger partial charge in [0, 0.05) is 17.9 Å². The van der Waals surface area contributed by atoms with Crippen LogP contribution in [0.5, 0.6) is 5.75 Å². The number of rotatable bonds is 2. The van der Waals surface area contributed by atoms with Crippen LogP contribution in [0.3, 0.4) is 0 Å². The summed E-state index contributed by atoms with van der Waals surface area (Å²) < 4.78 is 39.2. The molecule has 0 aliphatic carbocycles. The summed E-state index contributed by atoms with van der Waals surface area (Å²) >= 11 is 5.42. The van der Waals surface area contributed by atoms with E-state index in [-0.39, 0.29) is 5.75 Å². The number of halogens is 4. The van der Waals surface area contributed by atoms with E-state index in [1.54, 1.807) is 0 Å². The monoisotopic (exact) mass is 248 g/mol. The summed E-state index contributed by atoms with van der Waals surface area (Å²) in [6.45, 7) is 0. The van der Waals surface area contributed by atoms with Crippen LogP contribution in [0.25, 0.3) is 0 Å². The lowest BCUT2D eigenvalue weighted by atomic mass is 10.2. The molecule has 0 N–H and O–H groups in total. The van der Waals surface area contributed by atoms with Gasteiger partial charge in [-0.25, -0.2) is 0 Å². The van der Waals surface area contributed by atoms with E-state index in [1.807, 2.05) is 0 Å². The van der Waals surface area contributed by atoms with E-state index in [0.717, 1.165) is 0 Å². The van der Waals surface area contributed by atoms with E-state index in [2.05, 4.69) is 16.6 Å². The van der Waals surface area contributed by atoms with Crippen molar-refractivity contribution in [3.63, 3.8) is 0 Å². The zero-order chi connectivity index (χ0) is 12.0. The molecule has 16 heavy (non-hydrogen) atoms. The first-order valence-electron chi connectivity index (χ1n) is 4.42. The SMILES string of the molecule is FC(F)(F)Oc1ccc(C#CCCCl)cc1. The maximum atomic E-state index is 11.8. The van der Waals surface area contributed by atoms with Gasteiger partial charge < -0.3 is 4.74 Å². The van der Waals surface area contributed by atoms with Crippen molar-refractivity contribution in [1.82, 2.24) is 0 Å². The number of benzene rings is 1. The smallest absolute Gasteiger partial charge is 0.406 e. The zero-order valence-electron chi connectivity index (χ0n) is 8.14. The molecule has 0 heterocycles. The van der Waals surface area contributed by atoms with Crippen molar-refractivity contribution in [3.05, 3.63) is 29.8 Å². The van der Waals surface area contributed by atoms with Crippen molar-refractivity contribution in [2.24, 2.45) is 0 Å². The molecule has 0 fully saturated rings. The first kappa shape index (κ1) is 12.7. The van der Waals surface area contributed by atoms with Crippen LogP contribution in [0, 0.1) is 11.8 Å². The summed E-state index contributed by atoms with van der Waals surface area (Å²) in [7, 11) is 0. The number of alkyl halides is 4. The zero-order valence-corrected chi connectivity index (χ0v) is 8.90. The second kappa shape index (κ2) is 5.66. The quantitative estimate of drug-likeness (QED) is 0.574. The molecule has 0 saturated carbocycles. The molecular weight excluding hydrogens is 241 g/mol. The van der Waals surface area contributed by atoms with Gasteiger partial charge in [-0.05, 0) is 24.3 Å². The summed E-state index contributed by atoms with van der Waals surface area (Å²) in [5.41, 5.74) is 0.625. The lowest BCUT2D eigenvalue weighted by Crippen LogP contribution is -2.16. The second-order valence-corrected chi connectivity index (χ2v) is 3.19. The van der Waals surface area contributed by atoms with Gasteiger partial charge in [0.25, 0.3) is 0 Å². The van der Waals surface area contributed by atoms with E-state index >= 15 is 0 Å². The molecule has 0 saturated heterocycles. The molecule has 0 radical (unpaired) electrons. The van der Waals surface area contributed by atoms with Gasteiger partial charge in [0.05, 0.1) is 0 Å². The highest BCUT2D eigenvalue weighted by Crippen LogP contribution is 2.22. The summed E-state index contributed by atoms with van der Waals surface area (Å²) in [5.74, 6) is 5.72. The highest BCUT2D eigenvalue weighted by atomic mass is 35.5. The van der Waals surface area contributed by atoms with E-state index in [4.69, 9.17) is 11.6 Å². The fourth-order valence-electron chi connectivity index (χ4n) is 0.952. The Hall–Kier alpha value is -1.34. The van der Waals surface area contributed by atoms with Crippen LogP contribution in [-0.4, -0.2) is 12.2 Å². The van der Waals surface area contributed by atoms with Crippen LogP contribution in [0.4, 0.5) is 13.2 Å². The van der Waals surface area contributed by atoms with E-state index in [1.165, 1.54) is 24.3 Å². The molecule has 0 aliphatic rings. The molecule has 1 aromatic rings. The Morgan fingerprint density at radius 2 is 1.81 bits per heavy atom. The highest BCUT2D eigenvalue weighted by molar-refractivity contribution is 6.18. The maximum absolute atomic E-state index is 11.8. The standard InChI is InChI=1S/C11H8ClF3O/c12-8-2-1-3-9-4-6-10(7-5-9)16-11(13,14)15/h4-7H,2,8H2. The minimum atomic E-state index is -4.66. The molecule has 0 spiro atoms. The predicted molar refractivity (Wildman–Crippen MR) is 55.3 cm³/mol. The third-order valence-electron chi connectivity index (χ3n) is 1.54. The van der Waals surface area contributed by atoms with Gasteiger partial charge in [-0.3, -0.25) is 0 Å². The van der Waals surface area contributed by atoms with Gasteiger partial charge in [-0.1, -0.05) is 11.8 Å². The van der Waals surface area contributed by atoms with E-state index in [9.17, 15) is 13.2 Å². The fourth-order valence-corrected chi connectivity index (χ4v) is 1.05. The molecule has 1 nitrogen and oxygen atoms in total. The van der Waals surface area contributed by atoms with Crippen molar-refractivity contribution in [3.8, 4) is 17.6 Å². The van der Waals surface area contributed by atoms with Crippen LogP contribution >= 0.6 is 11.6 Å². The van der Waals surface area contributed by atoms with Crippen LogP contribution in [0.2, 0.25) is 0 Å². The molecule has 0 atom stereocenters. The van der Waals surface area contributed by atoms with Crippen LogP contribution in [0.15, 0.2) is 24.3 Å². The minimum absolute atomic E-state index is 0.254. The second-order valence-electron chi connectivity index (χ2n) is 2.81. The molecule has 86 valence electrons. The average molecular weight is 249 g/mol. The molecule has 0 unspecified atom stereocenters. The van der Waals surface area contributed by atoms with Crippen molar-refractivity contribution in [1.29, 1.82) is 0 Å². The lowest BCUT2D eigenvalue weighted by Gasteiger charge is -2.07. The number of hydrogen-bond acceptors (Lipinski definition) is 1. The highest BCUT2D eigenvalue weighted by Gasteiger charge is 2.30. The number of ether oxygens (including phenoxy) is 1. The molecule has 5 heteroatoms. The third-order valence-corrected chi connectivity index (χ3v) is 1.73. The Labute approximate surface area is 96.2 Å². The topological polar surface area (TPSA) is 9.23 Å². The van der Waals surface area contributed by atoms with Crippen LogP contribution < -0.4 is 4.74 Å². The molecule has 0 bridgehead atoms. The first-order valence-corrected chi connectivity index (χ1v) is 4.95. The van der Waals surface area contributed by atoms with Gasteiger partial charge in [-0.15, -0.1) is 24.8 Å². The van der Waals surface area contributed by atoms with Crippen LogP contribution in [-0.2, 0) is 0 Å². The molecule has 0 aromatic heterocycles. The van der Waals surface area contributed by atoms with Crippen LogP contribution in [0.1, 0.15) is 12.0 Å². The normalized spacial score (nSPS) is 10.5. The molecule has 0 aliphatic heterocycles. The Balaban J connectivity index is 2.66. The minimum Gasteiger partial charge on any atom is -0.406 e. The van der Waals surface area contributed by atoms with Gasteiger partial charge in [0.15, 0.2) is 0 Å². The third kappa shape index (κ3) is 4.94. The molecular formula is C11H8ClF3O. The predicted octanol–water partition coefficient (Wildman–Crippen LogP) is 3.57. The fraction of sp³-hybridized carbons (Fsp3) is 0.273. The van der Waals surface area contributed by atoms with Crippen molar-refractivity contribution >= 4 is 11.6 Å². The molecule has 0 amide bonds. The summed E-state index contributed by atoms with van der Waals surface area (Å²) in [4.78, 5) is 0. The summed E-state index contributed by atoms with van der Waals surface area (Å²) in [6, 6.07) is 5.36. The Morgan fingerprint density at radius 1 is 1.19 bits per heavy atom.